The van der Waals surface area contributed by atoms with Crippen LogP contribution < -0.4 is 5.73 Å². The molecule has 0 spiro atoms. The zero-order valence-electron chi connectivity index (χ0n) is 8.18. The highest BCUT2D eigenvalue weighted by Gasteiger charge is 2.34. The van der Waals surface area contributed by atoms with Crippen LogP contribution >= 0.6 is 0 Å². The van der Waals surface area contributed by atoms with Crippen LogP contribution in [0.15, 0.2) is 0 Å². The number of rotatable bonds is 4. The van der Waals surface area contributed by atoms with E-state index in [4.69, 9.17) is 5.73 Å². The van der Waals surface area contributed by atoms with Gasteiger partial charge in [-0.1, -0.05) is 13.3 Å². The van der Waals surface area contributed by atoms with Gasteiger partial charge in [-0.2, -0.15) is 0 Å². The third-order valence-electron chi connectivity index (χ3n) is 2.81. The molecule has 1 aliphatic rings. The molecule has 13 heavy (non-hydrogen) atoms. The van der Waals surface area contributed by atoms with Crippen molar-refractivity contribution in [3.63, 3.8) is 0 Å². The lowest BCUT2D eigenvalue weighted by atomic mass is 9.96. The summed E-state index contributed by atoms with van der Waals surface area (Å²) in [4.78, 5) is 0. The van der Waals surface area contributed by atoms with Gasteiger partial charge in [0.25, 0.3) is 0 Å². The van der Waals surface area contributed by atoms with E-state index in [9.17, 15) is 8.78 Å². The maximum absolute atomic E-state index is 12.8. The summed E-state index contributed by atoms with van der Waals surface area (Å²) in [6, 6.07) is 0.132. The fraction of sp³-hybridized carbons (Fsp3) is 1.00. The van der Waals surface area contributed by atoms with Crippen LogP contribution in [-0.4, -0.2) is 18.4 Å². The van der Waals surface area contributed by atoms with E-state index in [0.29, 0.717) is 12.8 Å². The quantitative estimate of drug-likeness (QED) is 0.726. The average Bonchev–Trinajstić information content (AvgIpc) is 2.31. The van der Waals surface area contributed by atoms with Gasteiger partial charge < -0.3 is 5.73 Å². The van der Waals surface area contributed by atoms with Crippen LogP contribution in [0.1, 0.15) is 39.0 Å². The van der Waals surface area contributed by atoms with Crippen molar-refractivity contribution < 1.29 is 8.78 Å². The molecule has 0 aromatic heterocycles. The van der Waals surface area contributed by atoms with Gasteiger partial charge in [0.15, 0.2) is 0 Å². The molecule has 3 heteroatoms. The van der Waals surface area contributed by atoms with Gasteiger partial charge in [-0.15, -0.1) is 0 Å². The van der Waals surface area contributed by atoms with Crippen molar-refractivity contribution in [3.05, 3.63) is 0 Å². The first-order chi connectivity index (χ1) is 6.13. The number of alkyl halides is 2. The van der Waals surface area contributed by atoms with Gasteiger partial charge in [0.2, 0.25) is 0 Å². The summed E-state index contributed by atoms with van der Waals surface area (Å²) in [5.41, 5.74) is 5.81. The molecular weight excluding hydrogens is 172 g/mol. The van der Waals surface area contributed by atoms with Crippen molar-refractivity contribution in [3.8, 4) is 0 Å². The zero-order chi connectivity index (χ0) is 9.84. The van der Waals surface area contributed by atoms with Gasteiger partial charge in [-0.05, 0) is 31.6 Å². The van der Waals surface area contributed by atoms with E-state index in [1.165, 1.54) is 0 Å². The van der Waals surface area contributed by atoms with Gasteiger partial charge in [0.1, 0.15) is 12.3 Å². The zero-order valence-corrected chi connectivity index (χ0v) is 8.18. The molecule has 0 aromatic carbocycles. The van der Waals surface area contributed by atoms with Crippen LogP contribution in [0.2, 0.25) is 0 Å². The van der Waals surface area contributed by atoms with Gasteiger partial charge in [-0.3, -0.25) is 0 Å². The number of nitrogens with two attached hydrogens (primary N) is 1. The van der Waals surface area contributed by atoms with E-state index in [1.54, 1.807) is 0 Å². The Morgan fingerprint density at radius 1 is 1.31 bits per heavy atom. The SMILES string of the molecule is CCC[C@@H](N)CC1C[C@@H](F)[C@@H](F)C1. The smallest absolute Gasteiger partial charge is 0.131 e. The summed E-state index contributed by atoms with van der Waals surface area (Å²) < 4.78 is 25.6. The second kappa shape index (κ2) is 4.89. The van der Waals surface area contributed by atoms with Crippen LogP contribution in [0, 0.1) is 5.92 Å². The Balaban J connectivity index is 2.23. The molecule has 0 amide bonds. The standard InChI is InChI=1S/C10H19F2N/c1-2-3-8(13)4-7-5-9(11)10(12)6-7/h7-10H,2-6,13H2,1H3/t7?,8-,9-,10+/m1/s1. The third kappa shape index (κ3) is 3.22. The highest BCUT2D eigenvalue weighted by atomic mass is 19.2. The first kappa shape index (κ1) is 10.9. The van der Waals surface area contributed by atoms with E-state index in [0.717, 1.165) is 19.3 Å². The molecule has 1 unspecified atom stereocenters. The molecule has 0 radical (unpaired) electrons. The van der Waals surface area contributed by atoms with Crippen LogP contribution in [0.25, 0.3) is 0 Å². The van der Waals surface area contributed by atoms with Gasteiger partial charge in [0.05, 0.1) is 0 Å². The topological polar surface area (TPSA) is 26.0 Å². The maximum Gasteiger partial charge on any atom is 0.131 e. The summed E-state index contributed by atoms with van der Waals surface area (Å²) in [6.07, 6.45) is 1.07. The first-order valence-corrected chi connectivity index (χ1v) is 5.17. The summed E-state index contributed by atoms with van der Waals surface area (Å²) >= 11 is 0. The third-order valence-corrected chi connectivity index (χ3v) is 2.81. The van der Waals surface area contributed by atoms with Crippen molar-refractivity contribution in [1.29, 1.82) is 0 Å². The molecule has 4 atom stereocenters. The minimum atomic E-state index is -1.24. The molecule has 1 nitrogen and oxygen atoms in total. The number of hydrogen-bond donors (Lipinski definition) is 1. The van der Waals surface area contributed by atoms with Crippen molar-refractivity contribution in [2.24, 2.45) is 11.7 Å². The van der Waals surface area contributed by atoms with Crippen molar-refractivity contribution >= 4 is 0 Å². The fourth-order valence-corrected chi connectivity index (χ4v) is 2.14. The van der Waals surface area contributed by atoms with E-state index >= 15 is 0 Å². The normalized spacial score (nSPS) is 36.5. The van der Waals surface area contributed by atoms with Crippen molar-refractivity contribution in [1.82, 2.24) is 0 Å². The molecule has 0 heterocycles. The van der Waals surface area contributed by atoms with Crippen molar-refractivity contribution in [2.75, 3.05) is 0 Å². The predicted octanol–water partition coefficient (Wildman–Crippen LogP) is 2.59. The highest BCUT2D eigenvalue weighted by molar-refractivity contribution is 4.85. The van der Waals surface area contributed by atoms with Gasteiger partial charge in [0, 0.05) is 6.04 Å². The molecule has 1 rings (SSSR count). The monoisotopic (exact) mass is 191 g/mol. The Morgan fingerprint density at radius 2 is 1.85 bits per heavy atom. The van der Waals surface area contributed by atoms with Gasteiger partial charge in [-0.25, -0.2) is 8.78 Å². The first-order valence-electron chi connectivity index (χ1n) is 5.17. The summed E-state index contributed by atoms with van der Waals surface area (Å²) in [6.45, 7) is 2.07. The summed E-state index contributed by atoms with van der Waals surface area (Å²) in [5.74, 6) is 0.173. The molecule has 0 aliphatic heterocycles. The van der Waals surface area contributed by atoms with Crippen LogP contribution in [0.3, 0.4) is 0 Å². The van der Waals surface area contributed by atoms with Crippen LogP contribution in [0.5, 0.6) is 0 Å². The molecule has 0 aromatic rings. The summed E-state index contributed by atoms with van der Waals surface area (Å²) in [7, 11) is 0. The summed E-state index contributed by atoms with van der Waals surface area (Å²) in [5, 5.41) is 0. The fourth-order valence-electron chi connectivity index (χ4n) is 2.14. The Hall–Kier alpha value is -0.180. The predicted molar refractivity (Wildman–Crippen MR) is 50.0 cm³/mol. The van der Waals surface area contributed by atoms with E-state index < -0.39 is 12.3 Å². The molecule has 1 aliphatic carbocycles. The number of halogens is 2. The minimum Gasteiger partial charge on any atom is -0.328 e. The molecule has 0 bridgehead atoms. The van der Waals surface area contributed by atoms with E-state index in [1.807, 2.05) is 0 Å². The molecular formula is C10H19F2N. The number of hydrogen-bond acceptors (Lipinski definition) is 1. The Labute approximate surface area is 78.7 Å². The maximum atomic E-state index is 12.8. The molecule has 1 saturated carbocycles. The largest absolute Gasteiger partial charge is 0.328 e. The van der Waals surface area contributed by atoms with E-state index in [2.05, 4.69) is 6.92 Å². The van der Waals surface area contributed by atoms with Crippen LogP contribution in [-0.2, 0) is 0 Å². The second-order valence-corrected chi connectivity index (χ2v) is 4.15. The lowest BCUT2D eigenvalue weighted by Gasteiger charge is -2.14. The minimum absolute atomic E-state index is 0.132. The lowest BCUT2D eigenvalue weighted by molar-refractivity contribution is 0.199. The Kier molecular flexibility index (Phi) is 4.10. The average molecular weight is 191 g/mol. The lowest BCUT2D eigenvalue weighted by Crippen LogP contribution is -2.22. The molecule has 78 valence electrons. The molecule has 0 saturated heterocycles. The Morgan fingerprint density at radius 3 is 2.31 bits per heavy atom. The second-order valence-electron chi connectivity index (χ2n) is 4.15. The molecule has 1 fully saturated rings. The van der Waals surface area contributed by atoms with Crippen molar-refractivity contribution in [2.45, 2.75) is 57.4 Å². The Bertz CT molecular complexity index is 142. The van der Waals surface area contributed by atoms with E-state index in [-0.39, 0.29) is 12.0 Å². The van der Waals surface area contributed by atoms with Crippen LogP contribution in [0.4, 0.5) is 8.78 Å². The highest BCUT2D eigenvalue weighted by Crippen LogP contribution is 2.33. The van der Waals surface area contributed by atoms with Gasteiger partial charge >= 0.3 is 0 Å². The molecule has 2 N–H and O–H groups in total.